The standard InChI is InChI=1S/C23H28F3N5O/c1-22(2,32)9-8-14-5-3-7-16-17(12-28-19(14)16)20-18(23(24,25)26)13-29-21(31-20)30-15-6-4-10-27-11-15/h3,5,7,12-13,15,27-28,32H,4,6,8-11H2,1-2H3,(H,29,30,31)/t15-/m0/s1. The largest absolute Gasteiger partial charge is 0.419 e. The zero-order chi connectivity index (χ0) is 22.9. The summed E-state index contributed by atoms with van der Waals surface area (Å²) in [7, 11) is 0. The molecule has 4 N–H and O–H groups in total. The lowest BCUT2D eigenvalue weighted by atomic mass is 9.96. The highest BCUT2D eigenvalue weighted by Gasteiger charge is 2.36. The van der Waals surface area contributed by atoms with Gasteiger partial charge in [0.05, 0.1) is 11.3 Å². The Morgan fingerprint density at radius 1 is 1.25 bits per heavy atom. The van der Waals surface area contributed by atoms with Crippen LogP contribution in [0.4, 0.5) is 19.1 Å². The van der Waals surface area contributed by atoms with E-state index in [9.17, 15) is 18.3 Å². The van der Waals surface area contributed by atoms with E-state index in [4.69, 9.17) is 0 Å². The normalized spacial score (nSPS) is 17.6. The average Bonchev–Trinajstić information content (AvgIpc) is 3.16. The minimum atomic E-state index is -4.58. The van der Waals surface area contributed by atoms with Crippen LogP contribution in [0.5, 0.6) is 0 Å². The fourth-order valence-electron chi connectivity index (χ4n) is 4.08. The van der Waals surface area contributed by atoms with Crippen LogP contribution in [0, 0.1) is 0 Å². The van der Waals surface area contributed by atoms with Crippen molar-refractivity contribution in [2.45, 2.75) is 57.3 Å². The zero-order valence-electron chi connectivity index (χ0n) is 18.2. The minimum absolute atomic E-state index is 0.0738. The summed E-state index contributed by atoms with van der Waals surface area (Å²) in [5.41, 5.74) is 0.221. The monoisotopic (exact) mass is 447 g/mol. The maximum atomic E-state index is 13.8. The molecule has 1 atom stereocenters. The lowest BCUT2D eigenvalue weighted by molar-refractivity contribution is -0.137. The molecule has 4 rings (SSSR count). The van der Waals surface area contributed by atoms with Gasteiger partial charge in [0.25, 0.3) is 0 Å². The number of hydrogen-bond acceptors (Lipinski definition) is 5. The van der Waals surface area contributed by atoms with Crippen LogP contribution < -0.4 is 10.6 Å². The van der Waals surface area contributed by atoms with Gasteiger partial charge < -0.3 is 20.7 Å². The fraction of sp³-hybridized carbons (Fsp3) is 0.478. The summed E-state index contributed by atoms with van der Waals surface area (Å²) in [6, 6.07) is 5.60. The number of anilines is 1. The number of nitrogens with zero attached hydrogens (tertiary/aromatic N) is 2. The molecule has 6 nitrogen and oxygen atoms in total. The number of benzene rings is 1. The molecule has 32 heavy (non-hydrogen) atoms. The maximum absolute atomic E-state index is 13.8. The molecule has 2 aromatic heterocycles. The second-order valence-electron chi connectivity index (χ2n) is 9.00. The molecule has 9 heteroatoms. The first-order valence-electron chi connectivity index (χ1n) is 10.8. The Balaban J connectivity index is 1.74. The number of aromatic amines is 1. The number of H-pyrrole nitrogens is 1. The smallest absolute Gasteiger partial charge is 0.390 e. The molecule has 1 saturated heterocycles. The van der Waals surface area contributed by atoms with E-state index in [1.165, 1.54) is 0 Å². The van der Waals surface area contributed by atoms with Crippen molar-refractivity contribution in [2.75, 3.05) is 18.4 Å². The Kier molecular flexibility index (Phi) is 6.13. The van der Waals surface area contributed by atoms with Gasteiger partial charge in [0.2, 0.25) is 5.95 Å². The van der Waals surface area contributed by atoms with Crippen LogP contribution in [0.25, 0.3) is 22.2 Å². The van der Waals surface area contributed by atoms with Crippen molar-refractivity contribution in [3.63, 3.8) is 0 Å². The van der Waals surface area contributed by atoms with Gasteiger partial charge in [-0.1, -0.05) is 18.2 Å². The molecule has 3 aromatic rings. The van der Waals surface area contributed by atoms with Gasteiger partial charge in [0.15, 0.2) is 0 Å². The molecular weight excluding hydrogens is 419 g/mol. The topological polar surface area (TPSA) is 85.9 Å². The molecule has 0 radical (unpaired) electrons. The molecule has 172 valence electrons. The Morgan fingerprint density at radius 3 is 2.75 bits per heavy atom. The first-order valence-corrected chi connectivity index (χ1v) is 10.8. The van der Waals surface area contributed by atoms with Crippen molar-refractivity contribution < 1.29 is 18.3 Å². The second kappa shape index (κ2) is 8.71. The summed E-state index contributed by atoms with van der Waals surface area (Å²) < 4.78 is 41.4. The summed E-state index contributed by atoms with van der Waals surface area (Å²) in [4.78, 5) is 11.4. The summed E-state index contributed by atoms with van der Waals surface area (Å²) in [5.74, 6) is 0.189. The SMILES string of the molecule is CC(C)(O)CCc1cccc2c(-c3nc(N[C@H]4CCCNC4)ncc3C(F)(F)F)c[nH]c12. The number of hydrogen-bond donors (Lipinski definition) is 4. The zero-order valence-corrected chi connectivity index (χ0v) is 18.2. The molecule has 1 aliphatic heterocycles. The highest BCUT2D eigenvalue weighted by atomic mass is 19.4. The van der Waals surface area contributed by atoms with E-state index in [0.29, 0.717) is 23.8 Å². The number of halogens is 3. The number of piperidine rings is 1. The molecule has 1 aliphatic rings. The van der Waals surface area contributed by atoms with Crippen LogP contribution in [0.1, 0.15) is 44.2 Å². The van der Waals surface area contributed by atoms with Crippen LogP contribution >= 0.6 is 0 Å². The minimum Gasteiger partial charge on any atom is -0.390 e. The lowest BCUT2D eigenvalue weighted by Gasteiger charge is -2.24. The summed E-state index contributed by atoms with van der Waals surface area (Å²) in [6.45, 7) is 5.13. The van der Waals surface area contributed by atoms with Gasteiger partial charge in [0, 0.05) is 41.4 Å². The van der Waals surface area contributed by atoms with E-state index < -0.39 is 17.3 Å². The van der Waals surface area contributed by atoms with E-state index in [0.717, 1.165) is 43.2 Å². The number of rotatable bonds is 6. The molecule has 1 aromatic carbocycles. The summed E-state index contributed by atoms with van der Waals surface area (Å²) in [5, 5.41) is 17.2. The van der Waals surface area contributed by atoms with Crippen LogP contribution in [0.15, 0.2) is 30.6 Å². The number of aliphatic hydroxyl groups is 1. The number of nitrogens with one attached hydrogen (secondary N) is 3. The van der Waals surface area contributed by atoms with Crippen molar-refractivity contribution >= 4 is 16.9 Å². The van der Waals surface area contributed by atoms with Crippen molar-refractivity contribution in [2.24, 2.45) is 0 Å². The van der Waals surface area contributed by atoms with Gasteiger partial charge in [0.1, 0.15) is 5.56 Å². The van der Waals surface area contributed by atoms with Crippen molar-refractivity contribution in [3.05, 3.63) is 41.7 Å². The lowest BCUT2D eigenvalue weighted by Crippen LogP contribution is -2.38. The van der Waals surface area contributed by atoms with Gasteiger partial charge in [-0.2, -0.15) is 13.2 Å². The molecule has 3 heterocycles. The van der Waals surface area contributed by atoms with Gasteiger partial charge in [-0.3, -0.25) is 0 Å². The second-order valence-corrected chi connectivity index (χ2v) is 9.00. The Labute approximate surface area is 184 Å². The fourth-order valence-corrected chi connectivity index (χ4v) is 4.08. The molecule has 0 aliphatic carbocycles. The molecule has 0 amide bonds. The highest BCUT2D eigenvalue weighted by molar-refractivity contribution is 5.97. The van der Waals surface area contributed by atoms with E-state index in [2.05, 4.69) is 25.6 Å². The van der Waals surface area contributed by atoms with Crippen molar-refractivity contribution in [1.82, 2.24) is 20.3 Å². The van der Waals surface area contributed by atoms with Crippen LogP contribution in [0.3, 0.4) is 0 Å². The summed E-state index contributed by atoms with van der Waals surface area (Å²) >= 11 is 0. The van der Waals surface area contributed by atoms with Gasteiger partial charge in [-0.15, -0.1) is 0 Å². The maximum Gasteiger partial charge on any atom is 0.419 e. The quantitative estimate of drug-likeness (QED) is 0.447. The predicted molar refractivity (Wildman–Crippen MR) is 118 cm³/mol. The molecule has 0 saturated carbocycles. The van der Waals surface area contributed by atoms with Gasteiger partial charge in [-0.25, -0.2) is 9.97 Å². The average molecular weight is 448 g/mol. The third kappa shape index (κ3) is 5.05. The third-order valence-electron chi connectivity index (χ3n) is 5.79. The number of para-hydroxylation sites is 1. The first-order chi connectivity index (χ1) is 15.1. The van der Waals surface area contributed by atoms with E-state index in [1.807, 2.05) is 12.1 Å². The Hall–Kier alpha value is -2.65. The molecule has 1 fully saturated rings. The number of alkyl halides is 3. The van der Waals surface area contributed by atoms with Crippen molar-refractivity contribution in [1.29, 1.82) is 0 Å². The predicted octanol–water partition coefficient (Wildman–Crippen LogP) is 4.51. The number of aromatic nitrogens is 3. The van der Waals surface area contributed by atoms with E-state index in [1.54, 1.807) is 26.1 Å². The van der Waals surface area contributed by atoms with Crippen LogP contribution in [-0.4, -0.2) is 44.8 Å². The molecule has 0 unspecified atom stereocenters. The Bertz CT molecular complexity index is 1080. The Morgan fingerprint density at radius 2 is 2.06 bits per heavy atom. The number of fused-ring (bicyclic) bond motifs is 1. The van der Waals surface area contributed by atoms with Gasteiger partial charge >= 0.3 is 6.18 Å². The van der Waals surface area contributed by atoms with Crippen molar-refractivity contribution in [3.8, 4) is 11.3 Å². The van der Waals surface area contributed by atoms with E-state index in [-0.39, 0.29) is 17.7 Å². The molecule has 0 bridgehead atoms. The molecule has 0 spiro atoms. The van der Waals surface area contributed by atoms with Crippen LogP contribution in [-0.2, 0) is 12.6 Å². The number of aryl methyl sites for hydroxylation is 1. The highest BCUT2D eigenvalue weighted by Crippen LogP contribution is 2.39. The van der Waals surface area contributed by atoms with Crippen LogP contribution in [0.2, 0.25) is 0 Å². The summed E-state index contributed by atoms with van der Waals surface area (Å²) in [6.07, 6.45) is 0.872. The third-order valence-corrected chi connectivity index (χ3v) is 5.79. The van der Waals surface area contributed by atoms with E-state index >= 15 is 0 Å². The molecular formula is C23H28F3N5O. The van der Waals surface area contributed by atoms with Gasteiger partial charge in [-0.05, 0) is 51.6 Å². The first kappa shape index (κ1) is 22.5.